The van der Waals surface area contributed by atoms with Gasteiger partial charge in [-0.2, -0.15) is 0 Å². The van der Waals surface area contributed by atoms with Gasteiger partial charge in [-0.15, -0.1) is 0 Å². The minimum absolute atomic E-state index is 0.102. The van der Waals surface area contributed by atoms with Crippen LogP contribution in [0.3, 0.4) is 0 Å². The van der Waals surface area contributed by atoms with Crippen LogP contribution < -0.4 is 0 Å². The summed E-state index contributed by atoms with van der Waals surface area (Å²) in [5, 5.41) is 10.6. The van der Waals surface area contributed by atoms with Crippen molar-refractivity contribution < 1.29 is 80.2 Å². The molecule has 0 saturated carbocycles. The highest BCUT2D eigenvalue weighted by Gasteiger charge is 2.30. The summed E-state index contributed by atoms with van der Waals surface area (Å²) in [4.78, 5) is 72.6. The highest BCUT2D eigenvalue weighted by Crippen LogP contribution is 2.45. The van der Waals surface area contributed by atoms with Gasteiger partial charge in [0.2, 0.25) is 0 Å². The van der Waals surface area contributed by atoms with Gasteiger partial charge >= 0.3 is 39.5 Å². The number of phosphoric ester groups is 2. The van der Waals surface area contributed by atoms with E-state index in [9.17, 15) is 43.2 Å². The number of aliphatic hydroxyl groups is 1. The van der Waals surface area contributed by atoms with E-state index < -0.39 is 97.5 Å². The fraction of sp³-hybridized carbons (Fsp3) is 0.946. The Labute approximate surface area is 568 Å². The van der Waals surface area contributed by atoms with Gasteiger partial charge in [0, 0.05) is 25.7 Å². The summed E-state index contributed by atoms with van der Waals surface area (Å²) in [6, 6.07) is 0. The van der Waals surface area contributed by atoms with Crippen molar-refractivity contribution in [3.8, 4) is 0 Å². The maximum atomic E-state index is 13.0. The van der Waals surface area contributed by atoms with E-state index in [-0.39, 0.29) is 25.7 Å². The number of rotatable bonds is 71. The van der Waals surface area contributed by atoms with Crippen LogP contribution in [0.2, 0.25) is 0 Å². The minimum atomic E-state index is -4.95. The predicted octanol–water partition coefficient (Wildman–Crippen LogP) is 21.3. The third-order valence-corrected chi connectivity index (χ3v) is 19.0. The van der Waals surface area contributed by atoms with E-state index in [1.54, 1.807) is 0 Å². The van der Waals surface area contributed by atoms with Crippen molar-refractivity contribution in [2.24, 2.45) is 23.7 Å². The van der Waals surface area contributed by atoms with Crippen LogP contribution >= 0.6 is 15.6 Å². The Bertz CT molecular complexity index is 1830. The molecule has 0 heterocycles. The standard InChI is InChI=1S/C74H144O17P2/c1-64(2)50-42-34-26-21-17-13-10-9-11-15-20-24-30-40-48-56-73(78)90-69(60-85-72(77)55-47-39-31-25-28-36-44-52-66(5)6)62-88-92(80,81)86-58-68(75)59-87-93(82,83)89-63-70(91-74(79)57-49-41-33-32-37-45-53-67(7)8)61-84-71(76)54-46-38-29-23-19-16-12-14-18-22-27-35-43-51-65(3)4/h64-70,75H,9-63H2,1-8H3,(H,80,81)(H,82,83)/t68?,69-,70-/m1/s1. The lowest BCUT2D eigenvalue weighted by atomic mass is 10.0. The lowest BCUT2D eigenvalue weighted by Crippen LogP contribution is -2.30. The van der Waals surface area contributed by atoms with E-state index in [1.807, 2.05) is 0 Å². The van der Waals surface area contributed by atoms with Gasteiger partial charge in [-0.25, -0.2) is 9.13 Å². The predicted molar refractivity (Wildman–Crippen MR) is 377 cm³/mol. The molecule has 0 fully saturated rings. The summed E-state index contributed by atoms with van der Waals surface area (Å²) in [7, 11) is -9.91. The van der Waals surface area contributed by atoms with Crippen molar-refractivity contribution in [2.75, 3.05) is 39.6 Å². The second-order valence-electron chi connectivity index (χ2n) is 28.6. The lowest BCUT2D eigenvalue weighted by molar-refractivity contribution is -0.161. The number of carbonyl (C=O) groups excluding carboxylic acids is 4. The summed E-state index contributed by atoms with van der Waals surface area (Å²) in [5.74, 6) is 0.839. The van der Waals surface area contributed by atoms with Gasteiger partial charge in [-0.1, -0.05) is 319 Å². The zero-order valence-corrected chi connectivity index (χ0v) is 62.7. The second kappa shape index (κ2) is 63.5. The molecule has 3 unspecified atom stereocenters. The van der Waals surface area contributed by atoms with E-state index >= 15 is 0 Å². The Kier molecular flexibility index (Phi) is 62.2. The Morgan fingerprint density at radius 3 is 0.667 bits per heavy atom. The molecule has 19 heteroatoms. The van der Waals surface area contributed by atoms with Gasteiger partial charge < -0.3 is 33.8 Å². The number of ether oxygens (including phenoxy) is 4. The van der Waals surface area contributed by atoms with E-state index in [0.717, 1.165) is 108 Å². The van der Waals surface area contributed by atoms with Gasteiger partial charge in [0.05, 0.1) is 26.4 Å². The minimum Gasteiger partial charge on any atom is -0.462 e. The largest absolute Gasteiger partial charge is 0.472 e. The van der Waals surface area contributed by atoms with E-state index in [1.165, 1.54) is 167 Å². The van der Waals surface area contributed by atoms with Crippen LogP contribution in [0.1, 0.15) is 370 Å². The van der Waals surface area contributed by atoms with Gasteiger partial charge in [-0.3, -0.25) is 37.3 Å². The normalized spacial score (nSPS) is 14.2. The Balaban J connectivity index is 5.17. The fourth-order valence-corrected chi connectivity index (χ4v) is 12.8. The van der Waals surface area contributed by atoms with Crippen LogP contribution in [0.4, 0.5) is 0 Å². The lowest BCUT2D eigenvalue weighted by Gasteiger charge is -2.21. The van der Waals surface area contributed by atoms with Gasteiger partial charge in [-0.05, 0) is 49.4 Å². The van der Waals surface area contributed by atoms with Crippen molar-refractivity contribution >= 4 is 39.5 Å². The van der Waals surface area contributed by atoms with Crippen molar-refractivity contribution in [3.63, 3.8) is 0 Å². The molecule has 0 aliphatic carbocycles. The van der Waals surface area contributed by atoms with E-state index in [0.29, 0.717) is 37.5 Å². The molecule has 93 heavy (non-hydrogen) atoms. The second-order valence-corrected chi connectivity index (χ2v) is 31.5. The van der Waals surface area contributed by atoms with Crippen molar-refractivity contribution in [1.29, 1.82) is 0 Å². The number of aliphatic hydroxyl groups excluding tert-OH is 1. The first-order valence-electron chi connectivity index (χ1n) is 38.2. The first-order chi connectivity index (χ1) is 44.6. The smallest absolute Gasteiger partial charge is 0.462 e. The first-order valence-corrected chi connectivity index (χ1v) is 41.2. The Morgan fingerprint density at radius 2 is 0.452 bits per heavy atom. The SMILES string of the molecule is CC(C)CCCCCCCCCCCCCCCCCC(=O)O[C@H](COC(=O)CCCCCCCCCC(C)C)COP(=O)(O)OCC(O)COP(=O)(O)OC[C@@H](COC(=O)CCCCCCCCCCCCCCCC(C)C)OC(=O)CCCCCCCCC(C)C. The molecule has 0 aromatic carbocycles. The highest BCUT2D eigenvalue weighted by atomic mass is 31.2. The average Bonchev–Trinajstić information content (AvgIpc) is 3.73. The summed E-state index contributed by atoms with van der Waals surface area (Å²) in [5.41, 5.74) is 0. The molecule has 0 aliphatic rings. The fourth-order valence-electron chi connectivity index (χ4n) is 11.2. The van der Waals surface area contributed by atoms with Crippen molar-refractivity contribution in [2.45, 2.75) is 388 Å². The molecule has 0 aliphatic heterocycles. The van der Waals surface area contributed by atoms with E-state index in [4.69, 9.17) is 37.0 Å². The van der Waals surface area contributed by atoms with Crippen molar-refractivity contribution in [3.05, 3.63) is 0 Å². The number of hydrogen-bond donors (Lipinski definition) is 3. The van der Waals surface area contributed by atoms with Gasteiger partial charge in [0.1, 0.15) is 19.3 Å². The monoisotopic (exact) mass is 1370 g/mol. The third-order valence-electron chi connectivity index (χ3n) is 17.1. The molecular formula is C74H144O17P2. The zero-order valence-electron chi connectivity index (χ0n) is 60.9. The quantitative estimate of drug-likeness (QED) is 0.0222. The maximum absolute atomic E-state index is 13.0. The van der Waals surface area contributed by atoms with Gasteiger partial charge in [0.25, 0.3) is 0 Å². The zero-order chi connectivity index (χ0) is 68.9. The number of unbranched alkanes of at least 4 members (excludes halogenated alkanes) is 37. The summed E-state index contributed by atoms with van der Waals surface area (Å²) in [6.45, 7) is 14.1. The molecule has 3 N–H and O–H groups in total. The number of hydrogen-bond acceptors (Lipinski definition) is 15. The number of esters is 4. The Hall–Kier alpha value is -1.94. The van der Waals surface area contributed by atoms with Crippen LogP contribution in [0.15, 0.2) is 0 Å². The van der Waals surface area contributed by atoms with Crippen LogP contribution in [-0.4, -0.2) is 96.7 Å². The summed E-state index contributed by atoms with van der Waals surface area (Å²) in [6.07, 6.45) is 47.5. The molecule has 0 radical (unpaired) electrons. The van der Waals surface area contributed by atoms with Crippen LogP contribution in [0.25, 0.3) is 0 Å². The molecule has 0 aromatic rings. The molecule has 0 saturated heterocycles. The van der Waals surface area contributed by atoms with Crippen LogP contribution in [0.5, 0.6) is 0 Å². The van der Waals surface area contributed by atoms with Crippen LogP contribution in [-0.2, 0) is 65.4 Å². The molecular weight excluding hydrogens is 1220 g/mol. The molecule has 0 spiro atoms. The summed E-state index contributed by atoms with van der Waals surface area (Å²) >= 11 is 0. The number of phosphoric acid groups is 2. The van der Waals surface area contributed by atoms with Crippen molar-refractivity contribution in [1.82, 2.24) is 0 Å². The third kappa shape index (κ3) is 68.4. The highest BCUT2D eigenvalue weighted by molar-refractivity contribution is 7.47. The van der Waals surface area contributed by atoms with Crippen LogP contribution in [0, 0.1) is 23.7 Å². The number of carbonyl (C=O) groups is 4. The van der Waals surface area contributed by atoms with Gasteiger partial charge in [0.15, 0.2) is 12.2 Å². The molecule has 0 aromatic heterocycles. The summed E-state index contributed by atoms with van der Waals surface area (Å²) < 4.78 is 68.4. The topological polar surface area (TPSA) is 237 Å². The Morgan fingerprint density at radius 1 is 0.269 bits per heavy atom. The molecule has 0 bridgehead atoms. The molecule has 552 valence electrons. The van der Waals surface area contributed by atoms with E-state index in [2.05, 4.69) is 55.4 Å². The molecule has 0 rings (SSSR count). The maximum Gasteiger partial charge on any atom is 0.472 e. The molecule has 17 nitrogen and oxygen atoms in total. The average molecular weight is 1370 g/mol. The molecule has 0 amide bonds. The first kappa shape index (κ1) is 91.1. The molecule has 5 atom stereocenters.